The number of carboxylic acid groups (broad SMARTS) is 1. The number of rotatable bonds is 4. The van der Waals surface area contributed by atoms with E-state index >= 15 is 0 Å². The van der Waals surface area contributed by atoms with Crippen LogP contribution in [0.1, 0.15) is 16.8 Å². The molecule has 0 spiro atoms. The Hall–Kier alpha value is -2.64. The van der Waals surface area contributed by atoms with Gasteiger partial charge in [0.2, 0.25) is 0 Å². The zero-order valence-electron chi connectivity index (χ0n) is 11.8. The molecule has 3 unspecified atom stereocenters. The number of piperidine rings is 1. The van der Waals surface area contributed by atoms with E-state index in [0.29, 0.717) is 18.2 Å². The van der Waals surface area contributed by atoms with Gasteiger partial charge < -0.3 is 14.7 Å². The molecule has 1 aliphatic heterocycles. The van der Waals surface area contributed by atoms with Gasteiger partial charge in [-0.05, 0) is 24.3 Å². The maximum atomic E-state index is 11.9. The van der Waals surface area contributed by atoms with Crippen molar-refractivity contribution in [1.82, 2.24) is 0 Å². The van der Waals surface area contributed by atoms with Gasteiger partial charge in [0.25, 0.3) is 5.69 Å². The van der Waals surface area contributed by atoms with Crippen LogP contribution in [0.15, 0.2) is 18.2 Å². The van der Waals surface area contributed by atoms with Crippen LogP contribution in [-0.2, 0) is 9.53 Å². The van der Waals surface area contributed by atoms with Gasteiger partial charge in [-0.1, -0.05) is 0 Å². The Labute approximate surface area is 125 Å². The fourth-order valence-corrected chi connectivity index (χ4v) is 3.19. The van der Waals surface area contributed by atoms with Crippen molar-refractivity contribution >= 4 is 23.3 Å². The van der Waals surface area contributed by atoms with E-state index in [0.717, 1.165) is 12.5 Å². The van der Waals surface area contributed by atoms with E-state index in [1.54, 1.807) is 4.90 Å². The first-order valence-electron chi connectivity index (χ1n) is 6.80. The molecule has 2 fully saturated rings. The summed E-state index contributed by atoms with van der Waals surface area (Å²) >= 11 is 0. The number of esters is 1. The summed E-state index contributed by atoms with van der Waals surface area (Å²) in [5.74, 6) is -1.28. The summed E-state index contributed by atoms with van der Waals surface area (Å²) < 4.78 is 4.67. The Balaban J connectivity index is 2.04. The van der Waals surface area contributed by atoms with E-state index < -0.39 is 22.9 Å². The predicted octanol–water partition coefficient (Wildman–Crippen LogP) is 1.29. The number of anilines is 1. The minimum absolute atomic E-state index is 0.0178. The molecule has 0 amide bonds. The molecule has 0 radical (unpaired) electrons. The molecular weight excluding hydrogens is 292 g/mol. The third kappa shape index (κ3) is 2.16. The van der Waals surface area contributed by atoms with Gasteiger partial charge in [-0.25, -0.2) is 9.59 Å². The predicted molar refractivity (Wildman–Crippen MR) is 74.8 cm³/mol. The summed E-state index contributed by atoms with van der Waals surface area (Å²) in [7, 11) is 1.18. The molecule has 8 heteroatoms. The lowest BCUT2D eigenvalue weighted by Gasteiger charge is -2.27. The van der Waals surface area contributed by atoms with Gasteiger partial charge in [0, 0.05) is 18.7 Å². The van der Waals surface area contributed by atoms with E-state index in [9.17, 15) is 24.8 Å². The third-order valence-corrected chi connectivity index (χ3v) is 4.31. The van der Waals surface area contributed by atoms with Crippen molar-refractivity contribution in [2.75, 3.05) is 18.6 Å². The molecule has 0 aromatic heterocycles. The van der Waals surface area contributed by atoms with Gasteiger partial charge in [-0.15, -0.1) is 0 Å². The van der Waals surface area contributed by atoms with Crippen molar-refractivity contribution in [2.24, 2.45) is 11.8 Å². The SMILES string of the molecule is COC(=O)c1cc([N+](=O)[O-])ccc1N1CC2CC2C1C(=O)O. The summed E-state index contributed by atoms with van der Waals surface area (Å²) in [4.78, 5) is 35.3. The van der Waals surface area contributed by atoms with Crippen LogP contribution in [0, 0.1) is 22.0 Å². The Bertz CT molecular complexity index is 673. The molecule has 1 aromatic carbocycles. The van der Waals surface area contributed by atoms with Crippen molar-refractivity contribution in [3.8, 4) is 0 Å². The number of carboxylic acids is 1. The smallest absolute Gasteiger partial charge is 0.340 e. The van der Waals surface area contributed by atoms with Gasteiger partial charge in [-0.3, -0.25) is 10.1 Å². The summed E-state index contributed by atoms with van der Waals surface area (Å²) in [5.41, 5.74) is 0.154. The van der Waals surface area contributed by atoms with Crippen LogP contribution in [0.25, 0.3) is 0 Å². The fourth-order valence-electron chi connectivity index (χ4n) is 3.19. The lowest BCUT2D eigenvalue weighted by Crippen LogP contribution is -2.40. The number of non-ortho nitro benzene ring substituents is 1. The number of carbonyl (C=O) groups excluding carboxylic acids is 1. The number of aliphatic carboxylic acids is 1. The van der Waals surface area contributed by atoms with Crippen LogP contribution in [0.4, 0.5) is 11.4 Å². The highest BCUT2D eigenvalue weighted by Crippen LogP contribution is 2.51. The molecule has 1 saturated carbocycles. The molecule has 8 nitrogen and oxygen atoms in total. The van der Waals surface area contributed by atoms with Crippen LogP contribution in [-0.4, -0.2) is 41.7 Å². The summed E-state index contributed by atoms with van der Waals surface area (Å²) in [6, 6.07) is 3.12. The summed E-state index contributed by atoms with van der Waals surface area (Å²) in [5, 5.41) is 20.3. The van der Waals surface area contributed by atoms with Gasteiger partial charge in [0.1, 0.15) is 6.04 Å². The first-order chi connectivity index (χ1) is 10.4. The van der Waals surface area contributed by atoms with Crippen LogP contribution in [0.3, 0.4) is 0 Å². The number of methoxy groups -OCH3 is 1. The second kappa shape index (κ2) is 4.97. The maximum Gasteiger partial charge on any atom is 0.340 e. The highest BCUT2D eigenvalue weighted by Gasteiger charge is 2.56. The second-order valence-corrected chi connectivity index (χ2v) is 5.55. The minimum Gasteiger partial charge on any atom is -0.480 e. The highest BCUT2D eigenvalue weighted by atomic mass is 16.6. The van der Waals surface area contributed by atoms with E-state index in [1.807, 2.05) is 0 Å². The van der Waals surface area contributed by atoms with Gasteiger partial charge in [0.15, 0.2) is 0 Å². The van der Waals surface area contributed by atoms with Crippen LogP contribution < -0.4 is 4.90 Å². The van der Waals surface area contributed by atoms with Crippen molar-refractivity contribution < 1.29 is 24.4 Å². The van der Waals surface area contributed by atoms with Gasteiger partial charge in [0.05, 0.1) is 23.3 Å². The van der Waals surface area contributed by atoms with Gasteiger partial charge in [-0.2, -0.15) is 0 Å². The van der Waals surface area contributed by atoms with Crippen molar-refractivity contribution in [3.05, 3.63) is 33.9 Å². The number of nitro groups is 1. The maximum absolute atomic E-state index is 11.9. The number of nitro benzene ring substituents is 1. The number of fused-ring (bicyclic) bond motifs is 1. The zero-order valence-corrected chi connectivity index (χ0v) is 11.8. The third-order valence-electron chi connectivity index (χ3n) is 4.31. The monoisotopic (exact) mass is 306 g/mol. The minimum atomic E-state index is -0.945. The number of nitrogens with zero attached hydrogens (tertiary/aromatic N) is 2. The molecule has 3 atom stereocenters. The average Bonchev–Trinajstić information content (AvgIpc) is 3.15. The van der Waals surface area contributed by atoms with Crippen molar-refractivity contribution in [1.29, 1.82) is 0 Å². The number of hydrogen-bond acceptors (Lipinski definition) is 6. The molecule has 116 valence electrons. The molecule has 1 saturated heterocycles. The topological polar surface area (TPSA) is 110 Å². The molecule has 3 rings (SSSR count). The molecule has 1 heterocycles. The Morgan fingerprint density at radius 3 is 2.77 bits per heavy atom. The number of carbonyl (C=O) groups is 2. The molecular formula is C14H14N2O6. The quantitative estimate of drug-likeness (QED) is 0.507. The Kier molecular flexibility index (Phi) is 3.23. The molecule has 22 heavy (non-hydrogen) atoms. The zero-order chi connectivity index (χ0) is 16.0. The highest BCUT2D eigenvalue weighted by molar-refractivity contribution is 5.98. The average molecular weight is 306 g/mol. The Morgan fingerprint density at radius 2 is 2.18 bits per heavy atom. The van der Waals surface area contributed by atoms with E-state index in [4.69, 9.17) is 0 Å². The summed E-state index contributed by atoms with van der Waals surface area (Å²) in [6.45, 7) is 0.531. The van der Waals surface area contributed by atoms with E-state index in [1.165, 1.54) is 19.2 Å². The van der Waals surface area contributed by atoms with Crippen molar-refractivity contribution in [3.63, 3.8) is 0 Å². The number of ether oxygens (including phenoxy) is 1. The second-order valence-electron chi connectivity index (χ2n) is 5.55. The lowest BCUT2D eigenvalue weighted by molar-refractivity contribution is -0.384. The molecule has 1 aliphatic carbocycles. The first kappa shape index (κ1) is 14.3. The fraction of sp³-hybridized carbons (Fsp3) is 0.429. The molecule has 1 N–H and O–H groups in total. The molecule has 0 bridgehead atoms. The van der Waals surface area contributed by atoms with Gasteiger partial charge >= 0.3 is 11.9 Å². The molecule has 2 aliphatic rings. The van der Waals surface area contributed by atoms with E-state index in [2.05, 4.69) is 4.74 Å². The first-order valence-corrected chi connectivity index (χ1v) is 6.80. The molecule has 1 aromatic rings. The van der Waals surface area contributed by atoms with Crippen LogP contribution in [0.5, 0.6) is 0 Å². The van der Waals surface area contributed by atoms with Crippen LogP contribution in [0.2, 0.25) is 0 Å². The van der Waals surface area contributed by atoms with Crippen molar-refractivity contribution in [2.45, 2.75) is 12.5 Å². The summed E-state index contributed by atoms with van der Waals surface area (Å²) in [6.07, 6.45) is 0.869. The number of benzene rings is 1. The lowest BCUT2D eigenvalue weighted by atomic mass is 10.1. The Morgan fingerprint density at radius 1 is 1.45 bits per heavy atom. The normalized spacial score (nSPS) is 25.5. The van der Waals surface area contributed by atoms with Crippen LogP contribution >= 0.6 is 0 Å². The largest absolute Gasteiger partial charge is 0.480 e. The standard InChI is InChI=1S/C14H14N2O6/c1-22-14(19)10-5-8(16(20)21)2-3-11(10)15-6-7-4-9(7)12(15)13(17)18/h2-3,5,7,9,12H,4,6H2,1H3,(H,17,18). The number of hydrogen-bond donors (Lipinski definition) is 1. The van der Waals surface area contributed by atoms with E-state index in [-0.39, 0.29) is 17.2 Å².